The topological polar surface area (TPSA) is 63.6 Å². The highest BCUT2D eigenvalue weighted by Crippen LogP contribution is 2.31. The SMILES string of the molecule is O=C1CC(c2ccccc2)C(C(=O)O)O1. The Balaban J connectivity index is 2.28. The average Bonchev–Trinajstić information content (AvgIpc) is 2.62. The van der Waals surface area contributed by atoms with Crippen LogP contribution < -0.4 is 0 Å². The van der Waals surface area contributed by atoms with Crippen molar-refractivity contribution in [3.63, 3.8) is 0 Å². The molecule has 1 N–H and O–H groups in total. The minimum Gasteiger partial charge on any atom is -0.478 e. The van der Waals surface area contributed by atoms with Crippen LogP contribution in [0, 0.1) is 0 Å². The molecule has 1 fully saturated rings. The molecule has 0 aromatic heterocycles. The molecule has 0 radical (unpaired) electrons. The molecule has 2 atom stereocenters. The number of rotatable bonds is 2. The first kappa shape index (κ1) is 9.71. The number of ether oxygens (including phenoxy) is 1. The summed E-state index contributed by atoms with van der Waals surface area (Å²) in [5.41, 5.74) is 0.829. The maximum absolute atomic E-state index is 11.1. The lowest BCUT2D eigenvalue weighted by molar-refractivity contribution is -0.157. The average molecular weight is 206 g/mol. The summed E-state index contributed by atoms with van der Waals surface area (Å²) in [4.78, 5) is 21.9. The monoisotopic (exact) mass is 206 g/mol. The predicted octanol–water partition coefficient (Wildman–Crippen LogP) is 1.17. The number of aliphatic carboxylic acids is 1. The number of carbonyl (C=O) groups is 2. The van der Waals surface area contributed by atoms with Crippen LogP contribution in [0.4, 0.5) is 0 Å². The fraction of sp³-hybridized carbons (Fsp3) is 0.273. The first-order chi connectivity index (χ1) is 7.18. The van der Waals surface area contributed by atoms with Crippen LogP contribution in [0.25, 0.3) is 0 Å². The Morgan fingerprint density at radius 2 is 2.00 bits per heavy atom. The fourth-order valence-electron chi connectivity index (χ4n) is 1.77. The zero-order valence-corrected chi connectivity index (χ0v) is 7.92. The van der Waals surface area contributed by atoms with Crippen LogP contribution in [0.2, 0.25) is 0 Å². The second-order valence-electron chi connectivity index (χ2n) is 3.47. The van der Waals surface area contributed by atoms with E-state index in [1.807, 2.05) is 30.3 Å². The van der Waals surface area contributed by atoms with Crippen LogP contribution in [-0.4, -0.2) is 23.1 Å². The van der Waals surface area contributed by atoms with Crippen LogP contribution in [0.3, 0.4) is 0 Å². The molecule has 0 spiro atoms. The number of cyclic esters (lactones) is 1. The van der Waals surface area contributed by atoms with Crippen LogP contribution in [0.15, 0.2) is 30.3 Å². The molecule has 1 aromatic rings. The van der Waals surface area contributed by atoms with E-state index in [1.165, 1.54) is 0 Å². The summed E-state index contributed by atoms with van der Waals surface area (Å²) in [6.45, 7) is 0. The lowest BCUT2D eigenvalue weighted by Crippen LogP contribution is -2.25. The standard InChI is InChI=1S/C11H10O4/c12-9-6-8(10(15-9)11(13)14)7-4-2-1-3-5-7/h1-5,8,10H,6H2,(H,13,14). The molecule has 4 heteroatoms. The Bertz CT molecular complexity index is 385. The van der Waals surface area contributed by atoms with E-state index in [-0.39, 0.29) is 12.3 Å². The van der Waals surface area contributed by atoms with Crippen molar-refractivity contribution in [2.24, 2.45) is 0 Å². The van der Waals surface area contributed by atoms with E-state index in [0.717, 1.165) is 5.56 Å². The highest BCUT2D eigenvalue weighted by molar-refractivity contribution is 5.84. The summed E-state index contributed by atoms with van der Waals surface area (Å²) in [5, 5.41) is 8.89. The molecule has 1 aliphatic rings. The van der Waals surface area contributed by atoms with Crippen molar-refractivity contribution >= 4 is 11.9 Å². The molecule has 15 heavy (non-hydrogen) atoms. The van der Waals surface area contributed by atoms with E-state index >= 15 is 0 Å². The van der Waals surface area contributed by atoms with Crippen molar-refractivity contribution in [1.82, 2.24) is 0 Å². The maximum Gasteiger partial charge on any atom is 0.345 e. The largest absolute Gasteiger partial charge is 0.478 e. The van der Waals surface area contributed by atoms with E-state index in [9.17, 15) is 9.59 Å². The highest BCUT2D eigenvalue weighted by Gasteiger charge is 2.40. The molecular formula is C11H10O4. The van der Waals surface area contributed by atoms with Gasteiger partial charge in [-0.3, -0.25) is 4.79 Å². The number of benzene rings is 1. The molecular weight excluding hydrogens is 196 g/mol. The molecule has 0 bridgehead atoms. The Kier molecular flexibility index (Phi) is 2.41. The molecule has 1 aliphatic heterocycles. The van der Waals surface area contributed by atoms with E-state index in [1.54, 1.807) is 0 Å². The van der Waals surface area contributed by atoms with Gasteiger partial charge in [-0.05, 0) is 5.56 Å². The molecule has 0 saturated carbocycles. The quantitative estimate of drug-likeness (QED) is 0.738. The van der Waals surface area contributed by atoms with Gasteiger partial charge in [0.05, 0.1) is 6.42 Å². The minimum absolute atomic E-state index is 0.140. The van der Waals surface area contributed by atoms with Crippen molar-refractivity contribution in [3.05, 3.63) is 35.9 Å². The van der Waals surface area contributed by atoms with Crippen LogP contribution in [0.1, 0.15) is 17.9 Å². The number of carboxylic acids is 1. The number of carboxylic acid groups (broad SMARTS) is 1. The Morgan fingerprint density at radius 3 is 2.60 bits per heavy atom. The van der Waals surface area contributed by atoms with Gasteiger partial charge in [0.1, 0.15) is 0 Å². The van der Waals surface area contributed by atoms with Gasteiger partial charge in [0.25, 0.3) is 0 Å². The summed E-state index contributed by atoms with van der Waals surface area (Å²) in [7, 11) is 0. The predicted molar refractivity (Wildman–Crippen MR) is 51.3 cm³/mol. The molecule has 2 unspecified atom stereocenters. The summed E-state index contributed by atoms with van der Waals surface area (Å²) in [6, 6.07) is 9.09. The van der Waals surface area contributed by atoms with Crippen LogP contribution in [-0.2, 0) is 14.3 Å². The molecule has 78 valence electrons. The van der Waals surface area contributed by atoms with Crippen molar-refractivity contribution in [2.75, 3.05) is 0 Å². The van der Waals surface area contributed by atoms with Gasteiger partial charge in [-0.25, -0.2) is 4.79 Å². The molecule has 0 amide bonds. The minimum atomic E-state index is -1.09. The molecule has 4 nitrogen and oxygen atoms in total. The summed E-state index contributed by atoms with van der Waals surface area (Å²) in [5.74, 6) is -1.90. The number of hydrogen-bond acceptors (Lipinski definition) is 3. The molecule has 0 aliphatic carbocycles. The van der Waals surface area contributed by atoms with E-state index < -0.39 is 18.0 Å². The van der Waals surface area contributed by atoms with Crippen LogP contribution in [0.5, 0.6) is 0 Å². The van der Waals surface area contributed by atoms with Gasteiger partial charge in [-0.1, -0.05) is 30.3 Å². The van der Waals surface area contributed by atoms with Crippen molar-refractivity contribution in [2.45, 2.75) is 18.4 Å². The van der Waals surface area contributed by atoms with Crippen LogP contribution >= 0.6 is 0 Å². The highest BCUT2D eigenvalue weighted by atomic mass is 16.6. The maximum atomic E-state index is 11.1. The second kappa shape index (κ2) is 3.73. The first-order valence-corrected chi connectivity index (χ1v) is 4.65. The summed E-state index contributed by atoms with van der Waals surface area (Å²) < 4.78 is 4.75. The molecule has 1 aromatic carbocycles. The van der Waals surface area contributed by atoms with Crippen molar-refractivity contribution in [1.29, 1.82) is 0 Å². The summed E-state index contributed by atoms with van der Waals surface area (Å²) in [6.07, 6.45) is -0.902. The first-order valence-electron chi connectivity index (χ1n) is 4.65. The van der Waals surface area contributed by atoms with Gasteiger partial charge >= 0.3 is 11.9 Å². The lowest BCUT2D eigenvalue weighted by atomic mass is 9.92. The van der Waals surface area contributed by atoms with Gasteiger partial charge in [0.2, 0.25) is 6.10 Å². The Morgan fingerprint density at radius 1 is 1.33 bits per heavy atom. The fourth-order valence-corrected chi connectivity index (χ4v) is 1.77. The van der Waals surface area contributed by atoms with E-state index in [2.05, 4.69) is 0 Å². The van der Waals surface area contributed by atoms with Crippen molar-refractivity contribution in [3.8, 4) is 0 Å². The molecule has 2 rings (SSSR count). The third-order valence-corrected chi connectivity index (χ3v) is 2.48. The second-order valence-corrected chi connectivity index (χ2v) is 3.47. The van der Waals surface area contributed by atoms with Gasteiger partial charge in [-0.2, -0.15) is 0 Å². The number of carbonyl (C=O) groups excluding carboxylic acids is 1. The normalized spacial score (nSPS) is 24.9. The number of hydrogen-bond donors (Lipinski definition) is 1. The zero-order chi connectivity index (χ0) is 10.8. The smallest absolute Gasteiger partial charge is 0.345 e. The lowest BCUT2D eigenvalue weighted by Gasteiger charge is -2.12. The Labute approximate surface area is 86.5 Å². The third-order valence-electron chi connectivity index (χ3n) is 2.48. The van der Waals surface area contributed by atoms with Gasteiger partial charge in [0.15, 0.2) is 0 Å². The van der Waals surface area contributed by atoms with E-state index in [4.69, 9.17) is 9.84 Å². The summed E-state index contributed by atoms with van der Waals surface area (Å²) >= 11 is 0. The molecule has 1 saturated heterocycles. The molecule has 1 heterocycles. The van der Waals surface area contributed by atoms with E-state index in [0.29, 0.717) is 0 Å². The number of esters is 1. The third kappa shape index (κ3) is 1.83. The van der Waals surface area contributed by atoms with Gasteiger partial charge < -0.3 is 9.84 Å². The Hall–Kier alpha value is -1.84. The van der Waals surface area contributed by atoms with Gasteiger partial charge in [0, 0.05) is 5.92 Å². The zero-order valence-electron chi connectivity index (χ0n) is 7.92. The van der Waals surface area contributed by atoms with Crippen molar-refractivity contribution < 1.29 is 19.4 Å². The van der Waals surface area contributed by atoms with Gasteiger partial charge in [-0.15, -0.1) is 0 Å².